The van der Waals surface area contributed by atoms with Crippen LogP contribution in [0.4, 0.5) is 0 Å². The quantitative estimate of drug-likeness (QED) is 0.656. The molecular weight excluding hydrogens is 170 g/mol. The molecule has 76 valence electrons. The van der Waals surface area contributed by atoms with Gasteiger partial charge in [-0.2, -0.15) is 0 Å². The second-order valence-corrected chi connectivity index (χ2v) is 3.74. The molecule has 1 aliphatic rings. The maximum atomic E-state index is 11.5. The van der Waals surface area contributed by atoms with E-state index in [-0.39, 0.29) is 12.5 Å². The first-order valence-corrected chi connectivity index (χ1v) is 4.65. The Labute approximate surface area is 78.3 Å². The summed E-state index contributed by atoms with van der Waals surface area (Å²) in [6.45, 7) is 4.37. The molecule has 0 saturated carbocycles. The lowest BCUT2D eigenvalue weighted by atomic mass is 10.0. The van der Waals surface area contributed by atoms with E-state index in [0.717, 1.165) is 12.8 Å². The van der Waals surface area contributed by atoms with Crippen molar-refractivity contribution in [1.82, 2.24) is 5.32 Å². The highest BCUT2D eigenvalue weighted by Gasteiger charge is 2.37. The van der Waals surface area contributed by atoms with Gasteiger partial charge in [-0.05, 0) is 26.7 Å². The van der Waals surface area contributed by atoms with Crippen LogP contribution in [-0.4, -0.2) is 35.9 Å². The summed E-state index contributed by atoms with van der Waals surface area (Å²) in [6.07, 6.45) is 1.19. The van der Waals surface area contributed by atoms with Crippen molar-refractivity contribution in [3.8, 4) is 0 Å². The molecule has 0 aromatic rings. The van der Waals surface area contributed by atoms with Gasteiger partial charge >= 0.3 is 0 Å². The Kier molecular flexibility index (Phi) is 3.27. The summed E-state index contributed by atoms with van der Waals surface area (Å²) in [5, 5.41) is 11.6. The van der Waals surface area contributed by atoms with E-state index in [4.69, 9.17) is 9.84 Å². The number of aliphatic hydroxyl groups excluding tert-OH is 1. The normalized spacial score (nSPS) is 30.1. The van der Waals surface area contributed by atoms with Crippen LogP contribution < -0.4 is 5.32 Å². The molecule has 13 heavy (non-hydrogen) atoms. The third-order valence-corrected chi connectivity index (χ3v) is 2.26. The highest BCUT2D eigenvalue weighted by atomic mass is 16.5. The Morgan fingerprint density at radius 3 is 2.92 bits per heavy atom. The van der Waals surface area contributed by atoms with E-state index in [2.05, 4.69) is 5.32 Å². The smallest absolute Gasteiger partial charge is 0.252 e. The van der Waals surface area contributed by atoms with Gasteiger partial charge in [0.2, 0.25) is 0 Å². The zero-order chi connectivity index (χ0) is 9.90. The number of carbonyl (C=O) groups is 1. The van der Waals surface area contributed by atoms with Crippen molar-refractivity contribution in [2.75, 3.05) is 13.2 Å². The Bertz CT molecular complexity index is 185. The average molecular weight is 187 g/mol. The van der Waals surface area contributed by atoms with E-state index in [0.29, 0.717) is 6.61 Å². The highest BCUT2D eigenvalue weighted by molar-refractivity contribution is 5.84. The SMILES string of the molecule is CC(O)CNC(=O)C1(C)CCCO1. The van der Waals surface area contributed by atoms with Crippen molar-refractivity contribution in [3.05, 3.63) is 0 Å². The number of aliphatic hydroxyl groups is 1. The molecule has 0 bridgehead atoms. The molecule has 2 unspecified atom stereocenters. The minimum absolute atomic E-state index is 0.120. The molecule has 1 heterocycles. The van der Waals surface area contributed by atoms with Crippen molar-refractivity contribution in [3.63, 3.8) is 0 Å². The minimum Gasteiger partial charge on any atom is -0.392 e. The van der Waals surface area contributed by atoms with Gasteiger partial charge < -0.3 is 15.2 Å². The Morgan fingerprint density at radius 2 is 2.46 bits per heavy atom. The number of hydrogen-bond acceptors (Lipinski definition) is 3. The number of rotatable bonds is 3. The number of carbonyl (C=O) groups excluding carboxylic acids is 1. The van der Waals surface area contributed by atoms with Crippen LogP contribution in [0.2, 0.25) is 0 Å². The second kappa shape index (κ2) is 4.07. The molecule has 1 amide bonds. The number of hydrogen-bond donors (Lipinski definition) is 2. The number of amides is 1. The molecule has 0 aromatic heterocycles. The molecule has 1 saturated heterocycles. The predicted molar refractivity (Wildman–Crippen MR) is 48.3 cm³/mol. The molecule has 2 N–H and O–H groups in total. The van der Waals surface area contributed by atoms with E-state index in [1.807, 2.05) is 0 Å². The van der Waals surface area contributed by atoms with Gasteiger partial charge in [-0.25, -0.2) is 0 Å². The minimum atomic E-state index is -0.672. The lowest BCUT2D eigenvalue weighted by molar-refractivity contribution is -0.139. The zero-order valence-electron chi connectivity index (χ0n) is 8.17. The molecule has 1 rings (SSSR count). The fourth-order valence-electron chi connectivity index (χ4n) is 1.39. The van der Waals surface area contributed by atoms with Gasteiger partial charge in [0.15, 0.2) is 0 Å². The standard InChI is InChI=1S/C9H17NO3/c1-7(11)6-10-8(12)9(2)4-3-5-13-9/h7,11H,3-6H2,1-2H3,(H,10,12). The maximum absolute atomic E-state index is 11.5. The van der Waals surface area contributed by atoms with Crippen LogP contribution in [0.3, 0.4) is 0 Å². The fourth-order valence-corrected chi connectivity index (χ4v) is 1.39. The third-order valence-electron chi connectivity index (χ3n) is 2.26. The fraction of sp³-hybridized carbons (Fsp3) is 0.889. The third kappa shape index (κ3) is 2.67. The summed E-state index contributed by atoms with van der Waals surface area (Å²) in [5.41, 5.74) is -0.672. The van der Waals surface area contributed by atoms with E-state index >= 15 is 0 Å². The van der Waals surface area contributed by atoms with Crippen molar-refractivity contribution in [2.45, 2.75) is 38.4 Å². The van der Waals surface area contributed by atoms with Gasteiger partial charge in [0.25, 0.3) is 5.91 Å². The molecule has 0 aliphatic carbocycles. The van der Waals surface area contributed by atoms with Gasteiger partial charge in [0, 0.05) is 13.2 Å². The predicted octanol–water partition coefficient (Wildman–Crippen LogP) is 0.0525. The highest BCUT2D eigenvalue weighted by Crippen LogP contribution is 2.24. The molecule has 1 fully saturated rings. The summed E-state index contributed by atoms with van der Waals surface area (Å²) in [5.74, 6) is -0.120. The lowest BCUT2D eigenvalue weighted by Crippen LogP contribution is -2.45. The number of nitrogens with one attached hydrogen (secondary N) is 1. The molecule has 0 radical (unpaired) electrons. The molecule has 2 atom stereocenters. The Morgan fingerprint density at radius 1 is 1.77 bits per heavy atom. The van der Waals surface area contributed by atoms with Gasteiger partial charge in [-0.3, -0.25) is 4.79 Å². The van der Waals surface area contributed by atoms with E-state index < -0.39 is 11.7 Å². The van der Waals surface area contributed by atoms with E-state index in [1.54, 1.807) is 13.8 Å². The van der Waals surface area contributed by atoms with Crippen LogP contribution in [0.25, 0.3) is 0 Å². The largest absolute Gasteiger partial charge is 0.392 e. The molecule has 0 aromatic carbocycles. The van der Waals surface area contributed by atoms with Gasteiger partial charge in [0.05, 0.1) is 6.10 Å². The van der Waals surface area contributed by atoms with Gasteiger partial charge in [0.1, 0.15) is 5.60 Å². The van der Waals surface area contributed by atoms with E-state index in [1.165, 1.54) is 0 Å². The summed E-state index contributed by atoms with van der Waals surface area (Å²) in [7, 11) is 0. The topological polar surface area (TPSA) is 58.6 Å². The van der Waals surface area contributed by atoms with Crippen LogP contribution in [0.5, 0.6) is 0 Å². The zero-order valence-corrected chi connectivity index (χ0v) is 8.17. The first kappa shape index (κ1) is 10.5. The molecule has 0 spiro atoms. The monoisotopic (exact) mass is 187 g/mol. The molecule has 4 nitrogen and oxygen atoms in total. The van der Waals surface area contributed by atoms with Crippen molar-refractivity contribution >= 4 is 5.91 Å². The summed E-state index contributed by atoms with van der Waals surface area (Å²) in [4.78, 5) is 11.5. The number of ether oxygens (including phenoxy) is 1. The maximum Gasteiger partial charge on any atom is 0.252 e. The van der Waals surface area contributed by atoms with Crippen LogP contribution in [0.15, 0.2) is 0 Å². The first-order chi connectivity index (χ1) is 6.04. The first-order valence-electron chi connectivity index (χ1n) is 4.65. The van der Waals surface area contributed by atoms with Crippen molar-refractivity contribution in [1.29, 1.82) is 0 Å². The van der Waals surface area contributed by atoms with Crippen LogP contribution in [-0.2, 0) is 9.53 Å². The van der Waals surface area contributed by atoms with E-state index in [9.17, 15) is 4.79 Å². The second-order valence-electron chi connectivity index (χ2n) is 3.74. The average Bonchev–Trinajstić information content (AvgIpc) is 2.49. The van der Waals surface area contributed by atoms with Crippen molar-refractivity contribution in [2.24, 2.45) is 0 Å². The molecule has 1 aliphatic heterocycles. The van der Waals surface area contributed by atoms with Crippen LogP contribution in [0, 0.1) is 0 Å². The Balaban J connectivity index is 2.38. The van der Waals surface area contributed by atoms with Crippen LogP contribution in [0.1, 0.15) is 26.7 Å². The molecule has 4 heteroatoms. The summed E-state index contributed by atoms with van der Waals surface area (Å²) >= 11 is 0. The summed E-state index contributed by atoms with van der Waals surface area (Å²) in [6, 6.07) is 0. The lowest BCUT2D eigenvalue weighted by Gasteiger charge is -2.22. The van der Waals surface area contributed by atoms with Crippen molar-refractivity contribution < 1.29 is 14.6 Å². The molecular formula is C9H17NO3. The summed E-state index contributed by atoms with van der Waals surface area (Å²) < 4.78 is 5.34. The Hall–Kier alpha value is -0.610. The van der Waals surface area contributed by atoms with Gasteiger partial charge in [-0.1, -0.05) is 0 Å². The van der Waals surface area contributed by atoms with Crippen LogP contribution >= 0.6 is 0 Å². The van der Waals surface area contributed by atoms with Gasteiger partial charge in [-0.15, -0.1) is 0 Å².